The van der Waals surface area contributed by atoms with Crippen molar-refractivity contribution < 1.29 is 4.42 Å². The number of furan rings is 1. The van der Waals surface area contributed by atoms with Crippen molar-refractivity contribution in [1.29, 1.82) is 0 Å². The van der Waals surface area contributed by atoms with Gasteiger partial charge in [-0.25, -0.2) is 0 Å². The molecular formula is C52H36N2O. The SMILES string of the molecule is C[C@H]1C(c2cccc3oc4c(-n5c6ccc(-c7ccccc7)cc6c6cc(-c7ccccc7)ccc65)cccc4c23)=NC(c2ccccc2)=C2C=CC=CC21. The predicted molar refractivity (Wildman–Crippen MR) is 230 cm³/mol. The van der Waals surface area contributed by atoms with Crippen molar-refractivity contribution in [2.45, 2.75) is 6.92 Å². The minimum Gasteiger partial charge on any atom is -0.454 e. The van der Waals surface area contributed by atoms with Crippen molar-refractivity contribution in [3.05, 3.63) is 205 Å². The van der Waals surface area contributed by atoms with E-state index in [0.29, 0.717) is 0 Å². The van der Waals surface area contributed by atoms with Crippen LogP contribution in [0.2, 0.25) is 0 Å². The molecule has 55 heavy (non-hydrogen) atoms. The Morgan fingerprint density at radius 1 is 0.545 bits per heavy atom. The van der Waals surface area contributed by atoms with Crippen molar-refractivity contribution in [1.82, 2.24) is 4.57 Å². The minimum atomic E-state index is 0.178. The first-order valence-electron chi connectivity index (χ1n) is 19.1. The van der Waals surface area contributed by atoms with E-state index in [1.807, 2.05) is 0 Å². The van der Waals surface area contributed by atoms with E-state index in [1.54, 1.807) is 0 Å². The first kappa shape index (κ1) is 31.5. The molecule has 1 aliphatic heterocycles. The summed E-state index contributed by atoms with van der Waals surface area (Å²) in [6, 6.07) is 58.6. The lowest BCUT2D eigenvalue weighted by Gasteiger charge is -2.32. The highest BCUT2D eigenvalue weighted by atomic mass is 16.3. The Bertz CT molecular complexity index is 2990. The van der Waals surface area contributed by atoms with Crippen LogP contribution in [0.3, 0.4) is 0 Å². The van der Waals surface area contributed by atoms with Gasteiger partial charge in [-0.05, 0) is 64.2 Å². The summed E-state index contributed by atoms with van der Waals surface area (Å²) in [6.07, 6.45) is 8.88. The molecule has 0 radical (unpaired) electrons. The third-order valence-corrected chi connectivity index (χ3v) is 11.6. The summed E-state index contributed by atoms with van der Waals surface area (Å²) in [7, 11) is 0. The zero-order chi connectivity index (χ0) is 36.5. The summed E-state index contributed by atoms with van der Waals surface area (Å²) in [4.78, 5) is 5.51. The highest BCUT2D eigenvalue weighted by Gasteiger charge is 2.33. The smallest absolute Gasteiger partial charge is 0.159 e. The zero-order valence-corrected chi connectivity index (χ0v) is 30.4. The Morgan fingerprint density at radius 3 is 1.82 bits per heavy atom. The number of aliphatic imine (C=N–C) groups is 1. The van der Waals surface area contributed by atoms with Crippen LogP contribution in [0.4, 0.5) is 0 Å². The average Bonchev–Trinajstić information content (AvgIpc) is 3.80. The van der Waals surface area contributed by atoms with E-state index in [0.717, 1.165) is 61.2 Å². The number of nitrogens with zero attached hydrogens (tertiary/aromatic N) is 2. The third kappa shape index (κ3) is 5.01. The number of aromatic nitrogens is 1. The van der Waals surface area contributed by atoms with Crippen LogP contribution >= 0.6 is 0 Å². The van der Waals surface area contributed by atoms with Gasteiger partial charge in [0.15, 0.2) is 5.58 Å². The van der Waals surface area contributed by atoms with E-state index in [-0.39, 0.29) is 11.8 Å². The molecule has 0 saturated carbocycles. The highest BCUT2D eigenvalue weighted by Crippen LogP contribution is 2.44. The van der Waals surface area contributed by atoms with Gasteiger partial charge in [0.05, 0.1) is 28.1 Å². The maximum Gasteiger partial charge on any atom is 0.159 e. The maximum atomic E-state index is 6.96. The van der Waals surface area contributed by atoms with Crippen molar-refractivity contribution in [2.75, 3.05) is 0 Å². The van der Waals surface area contributed by atoms with E-state index in [1.165, 1.54) is 38.6 Å². The van der Waals surface area contributed by atoms with Gasteiger partial charge in [-0.3, -0.25) is 4.99 Å². The van der Waals surface area contributed by atoms with Crippen LogP contribution in [0.15, 0.2) is 203 Å². The topological polar surface area (TPSA) is 30.4 Å². The van der Waals surface area contributed by atoms with Crippen LogP contribution in [0.1, 0.15) is 18.1 Å². The summed E-state index contributed by atoms with van der Waals surface area (Å²) < 4.78 is 9.35. The first-order chi connectivity index (χ1) is 27.2. The van der Waals surface area contributed by atoms with E-state index in [9.17, 15) is 0 Å². The molecule has 0 fully saturated rings. The molecule has 0 bridgehead atoms. The van der Waals surface area contributed by atoms with Gasteiger partial charge in [-0.2, -0.15) is 0 Å². The third-order valence-electron chi connectivity index (χ3n) is 11.6. The molecule has 1 aliphatic carbocycles. The van der Waals surface area contributed by atoms with Gasteiger partial charge in [0.1, 0.15) is 5.58 Å². The van der Waals surface area contributed by atoms with Crippen molar-refractivity contribution >= 4 is 55.2 Å². The van der Waals surface area contributed by atoms with Gasteiger partial charge in [-0.15, -0.1) is 0 Å². The molecule has 2 atom stereocenters. The molecule has 0 saturated heterocycles. The Labute approximate surface area is 319 Å². The second-order valence-electron chi connectivity index (χ2n) is 14.7. The van der Waals surface area contributed by atoms with E-state index >= 15 is 0 Å². The number of allylic oxidation sites excluding steroid dienone is 5. The van der Waals surface area contributed by atoms with Gasteiger partial charge >= 0.3 is 0 Å². The molecule has 7 aromatic carbocycles. The molecule has 0 spiro atoms. The molecule has 9 aromatic rings. The molecule has 3 heterocycles. The molecule has 0 N–H and O–H groups in total. The Kier molecular flexibility index (Phi) is 7.21. The zero-order valence-electron chi connectivity index (χ0n) is 30.4. The highest BCUT2D eigenvalue weighted by molar-refractivity contribution is 6.22. The van der Waals surface area contributed by atoms with Gasteiger partial charge in [0, 0.05) is 44.5 Å². The first-order valence-corrected chi connectivity index (χ1v) is 19.1. The number of hydrogen-bond acceptors (Lipinski definition) is 2. The van der Waals surface area contributed by atoms with Crippen molar-refractivity contribution in [3.8, 4) is 27.9 Å². The largest absolute Gasteiger partial charge is 0.454 e. The predicted octanol–water partition coefficient (Wildman–Crippen LogP) is 13.6. The van der Waals surface area contributed by atoms with Crippen LogP contribution in [0.5, 0.6) is 0 Å². The van der Waals surface area contributed by atoms with Crippen LogP contribution in [-0.2, 0) is 0 Å². The fourth-order valence-electron chi connectivity index (χ4n) is 8.95. The summed E-state index contributed by atoms with van der Waals surface area (Å²) in [5.74, 6) is 0.410. The van der Waals surface area contributed by atoms with Gasteiger partial charge in [0.2, 0.25) is 0 Å². The standard InChI is InChI=1S/C52H36N2O/c1-33-39-21-11-12-22-40(39)51(36-19-9-4-10-20-36)53-50(33)41-23-14-26-48-49(41)42-24-13-25-47(52(42)55-48)54-45-29-27-37(34-15-5-2-6-16-34)31-43(45)44-32-38(28-30-46(44)54)35-17-7-3-8-18-35/h2-33,39H,1H3/t33-,39?/m1/s1. The van der Waals surface area contributed by atoms with E-state index in [4.69, 9.17) is 9.41 Å². The number of benzene rings is 7. The Morgan fingerprint density at radius 2 is 1.16 bits per heavy atom. The van der Waals surface area contributed by atoms with Crippen molar-refractivity contribution in [2.24, 2.45) is 16.8 Å². The normalized spacial score (nSPS) is 16.7. The van der Waals surface area contributed by atoms with Gasteiger partial charge in [-0.1, -0.05) is 159 Å². The molecule has 11 rings (SSSR count). The molecule has 3 nitrogen and oxygen atoms in total. The monoisotopic (exact) mass is 704 g/mol. The summed E-state index contributed by atoms with van der Waals surface area (Å²) in [6.45, 7) is 2.31. The van der Waals surface area contributed by atoms with Crippen molar-refractivity contribution in [3.63, 3.8) is 0 Å². The number of rotatable bonds is 5. The maximum absolute atomic E-state index is 6.96. The van der Waals surface area contributed by atoms with Gasteiger partial charge in [0.25, 0.3) is 0 Å². The molecule has 3 heteroatoms. The second-order valence-corrected chi connectivity index (χ2v) is 14.7. The average molecular weight is 705 g/mol. The lowest BCUT2D eigenvalue weighted by molar-refractivity contribution is 0.617. The van der Waals surface area contributed by atoms with Crippen LogP contribution in [0, 0.1) is 11.8 Å². The van der Waals surface area contributed by atoms with Crippen LogP contribution in [-0.4, -0.2) is 10.3 Å². The molecule has 260 valence electrons. The molecule has 1 unspecified atom stereocenters. The fraction of sp³-hybridized carbons (Fsp3) is 0.0577. The molecular weight excluding hydrogens is 669 g/mol. The lowest BCUT2D eigenvalue weighted by atomic mass is 9.75. The fourth-order valence-corrected chi connectivity index (χ4v) is 8.95. The number of hydrogen-bond donors (Lipinski definition) is 0. The number of fused-ring (bicyclic) bond motifs is 7. The van der Waals surface area contributed by atoms with Crippen LogP contribution < -0.4 is 0 Å². The van der Waals surface area contributed by atoms with Crippen LogP contribution in [0.25, 0.3) is 77.4 Å². The van der Waals surface area contributed by atoms with E-state index < -0.39 is 0 Å². The number of para-hydroxylation sites is 1. The summed E-state index contributed by atoms with van der Waals surface area (Å²) in [5, 5.41) is 4.61. The van der Waals surface area contributed by atoms with E-state index in [2.05, 4.69) is 200 Å². The Balaban J connectivity index is 1.15. The molecule has 0 amide bonds. The summed E-state index contributed by atoms with van der Waals surface area (Å²) in [5.41, 5.74) is 15.5. The summed E-state index contributed by atoms with van der Waals surface area (Å²) >= 11 is 0. The molecule has 2 aromatic heterocycles. The lowest BCUT2D eigenvalue weighted by Crippen LogP contribution is -2.27. The second kappa shape index (κ2) is 12.6. The van der Waals surface area contributed by atoms with Gasteiger partial charge < -0.3 is 8.98 Å². The Hall–Kier alpha value is -6.97. The quantitative estimate of drug-likeness (QED) is 0.175. The molecule has 2 aliphatic rings. The minimum absolute atomic E-state index is 0.178.